The Morgan fingerprint density at radius 2 is 1.94 bits per heavy atom. The molecule has 3 nitrogen and oxygen atoms in total. The SMILES string of the molecule is CC(NCc1ccc2c(c1)OCCO2)C(F)F. The standard InChI is InChI=1S/C12H15F2NO2/c1-8(12(13)14)15-7-9-2-3-10-11(6-9)17-5-4-16-10/h2-3,6,8,12,15H,4-5,7H2,1H3. The predicted molar refractivity (Wildman–Crippen MR) is 59.7 cm³/mol. The smallest absolute Gasteiger partial charge is 0.253 e. The molecule has 1 atom stereocenters. The summed E-state index contributed by atoms with van der Waals surface area (Å²) in [4.78, 5) is 0. The van der Waals surface area contributed by atoms with Crippen molar-refractivity contribution in [2.45, 2.75) is 25.9 Å². The molecule has 0 aromatic heterocycles. The largest absolute Gasteiger partial charge is 0.486 e. The molecule has 1 aromatic rings. The summed E-state index contributed by atoms with van der Waals surface area (Å²) < 4.78 is 35.4. The summed E-state index contributed by atoms with van der Waals surface area (Å²) in [6, 6.07) is 4.65. The topological polar surface area (TPSA) is 30.5 Å². The first-order valence-electron chi connectivity index (χ1n) is 5.57. The van der Waals surface area contributed by atoms with E-state index in [4.69, 9.17) is 9.47 Å². The fourth-order valence-electron chi connectivity index (χ4n) is 1.57. The van der Waals surface area contributed by atoms with Crippen molar-refractivity contribution in [3.8, 4) is 11.5 Å². The number of benzene rings is 1. The third-order valence-electron chi connectivity index (χ3n) is 2.61. The number of nitrogens with one attached hydrogen (secondary N) is 1. The van der Waals surface area contributed by atoms with E-state index in [-0.39, 0.29) is 0 Å². The lowest BCUT2D eigenvalue weighted by Crippen LogP contribution is -2.32. The lowest BCUT2D eigenvalue weighted by molar-refractivity contribution is 0.105. The van der Waals surface area contributed by atoms with Crippen molar-refractivity contribution in [1.82, 2.24) is 5.32 Å². The average Bonchev–Trinajstić information content (AvgIpc) is 2.35. The number of fused-ring (bicyclic) bond motifs is 1. The molecule has 1 aliphatic heterocycles. The molecule has 5 heteroatoms. The zero-order valence-electron chi connectivity index (χ0n) is 9.58. The third kappa shape index (κ3) is 3.06. The van der Waals surface area contributed by atoms with E-state index >= 15 is 0 Å². The van der Waals surface area contributed by atoms with E-state index < -0.39 is 12.5 Å². The summed E-state index contributed by atoms with van der Waals surface area (Å²) >= 11 is 0. The van der Waals surface area contributed by atoms with Crippen LogP contribution in [0.15, 0.2) is 18.2 Å². The normalized spacial score (nSPS) is 16.0. The molecule has 1 N–H and O–H groups in total. The molecular weight excluding hydrogens is 228 g/mol. The first-order valence-corrected chi connectivity index (χ1v) is 5.57. The van der Waals surface area contributed by atoms with Gasteiger partial charge in [-0.3, -0.25) is 0 Å². The van der Waals surface area contributed by atoms with Gasteiger partial charge in [0.15, 0.2) is 11.5 Å². The summed E-state index contributed by atoms with van der Waals surface area (Å²) in [5.41, 5.74) is 0.904. The molecule has 1 aliphatic rings. The van der Waals surface area contributed by atoms with E-state index in [9.17, 15) is 8.78 Å². The second-order valence-electron chi connectivity index (χ2n) is 3.98. The van der Waals surface area contributed by atoms with E-state index in [0.717, 1.165) is 5.56 Å². The summed E-state index contributed by atoms with van der Waals surface area (Å²) in [6.07, 6.45) is -2.35. The van der Waals surface area contributed by atoms with Crippen LogP contribution in [-0.4, -0.2) is 25.7 Å². The molecule has 0 amide bonds. The molecule has 0 aliphatic carbocycles. The van der Waals surface area contributed by atoms with Gasteiger partial charge in [-0.25, -0.2) is 8.78 Å². The highest BCUT2D eigenvalue weighted by molar-refractivity contribution is 5.43. The van der Waals surface area contributed by atoms with Gasteiger partial charge in [-0.1, -0.05) is 6.07 Å². The molecule has 1 aromatic carbocycles. The van der Waals surface area contributed by atoms with Crippen LogP contribution in [0.25, 0.3) is 0 Å². The van der Waals surface area contributed by atoms with Gasteiger partial charge in [-0.05, 0) is 24.6 Å². The highest BCUT2D eigenvalue weighted by Gasteiger charge is 2.15. The Hall–Kier alpha value is -1.36. The minimum Gasteiger partial charge on any atom is -0.486 e. The van der Waals surface area contributed by atoms with Gasteiger partial charge in [0.25, 0.3) is 6.43 Å². The van der Waals surface area contributed by atoms with Crippen molar-refractivity contribution in [3.63, 3.8) is 0 Å². The fourth-order valence-corrected chi connectivity index (χ4v) is 1.57. The Balaban J connectivity index is 1.97. The maximum atomic E-state index is 12.3. The van der Waals surface area contributed by atoms with Gasteiger partial charge in [0.05, 0.1) is 6.04 Å². The highest BCUT2D eigenvalue weighted by atomic mass is 19.3. The van der Waals surface area contributed by atoms with Gasteiger partial charge in [-0.2, -0.15) is 0 Å². The molecule has 1 heterocycles. The molecule has 0 saturated carbocycles. The minimum absolute atomic E-state index is 0.391. The second kappa shape index (κ2) is 5.31. The van der Waals surface area contributed by atoms with Gasteiger partial charge in [0.1, 0.15) is 13.2 Å². The molecule has 0 radical (unpaired) electrons. The van der Waals surface area contributed by atoms with Crippen LogP contribution >= 0.6 is 0 Å². The maximum Gasteiger partial charge on any atom is 0.253 e. The Kier molecular flexibility index (Phi) is 3.78. The first kappa shape index (κ1) is 12.1. The van der Waals surface area contributed by atoms with Crippen molar-refractivity contribution >= 4 is 0 Å². The predicted octanol–water partition coefficient (Wildman–Crippen LogP) is 2.20. The summed E-state index contributed by atoms with van der Waals surface area (Å²) in [5, 5.41) is 2.76. The Morgan fingerprint density at radius 3 is 2.65 bits per heavy atom. The van der Waals surface area contributed by atoms with E-state index in [1.165, 1.54) is 6.92 Å². The zero-order chi connectivity index (χ0) is 12.3. The number of halogens is 2. The molecule has 1 unspecified atom stereocenters. The maximum absolute atomic E-state index is 12.3. The van der Waals surface area contributed by atoms with Crippen molar-refractivity contribution in [2.75, 3.05) is 13.2 Å². The number of alkyl halides is 2. The molecule has 0 bridgehead atoms. The summed E-state index contributed by atoms with van der Waals surface area (Å²) in [5.74, 6) is 1.39. The van der Waals surface area contributed by atoms with E-state index in [0.29, 0.717) is 31.3 Å². The minimum atomic E-state index is -2.35. The van der Waals surface area contributed by atoms with Crippen LogP contribution in [0.5, 0.6) is 11.5 Å². The monoisotopic (exact) mass is 243 g/mol. The summed E-state index contributed by atoms with van der Waals surface area (Å²) in [6.45, 7) is 2.93. The van der Waals surface area contributed by atoms with E-state index in [2.05, 4.69) is 5.32 Å². The van der Waals surface area contributed by atoms with Gasteiger partial charge in [0.2, 0.25) is 0 Å². The van der Waals surface area contributed by atoms with Crippen LogP contribution in [0.2, 0.25) is 0 Å². The van der Waals surface area contributed by atoms with Crippen LogP contribution in [0, 0.1) is 0 Å². The van der Waals surface area contributed by atoms with Crippen LogP contribution in [0.4, 0.5) is 8.78 Å². The Bertz CT molecular complexity index is 385. The van der Waals surface area contributed by atoms with Crippen molar-refractivity contribution < 1.29 is 18.3 Å². The van der Waals surface area contributed by atoms with Crippen LogP contribution in [-0.2, 0) is 6.54 Å². The lowest BCUT2D eigenvalue weighted by Gasteiger charge is -2.19. The summed E-state index contributed by atoms with van der Waals surface area (Å²) in [7, 11) is 0. The number of ether oxygens (including phenoxy) is 2. The fraction of sp³-hybridized carbons (Fsp3) is 0.500. The number of hydrogen-bond donors (Lipinski definition) is 1. The second-order valence-corrected chi connectivity index (χ2v) is 3.98. The Labute approximate surface area is 98.7 Å². The molecule has 0 fully saturated rings. The average molecular weight is 243 g/mol. The van der Waals surface area contributed by atoms with Gasteiger partial charge < -0.3 is 14.8 Å². The van der Waals surface area contributed by atoms with Gasteiger partial charge >= 0.3 is 0 Å². The Morgan fingerprint density at radius 1 is 1.24 bits per heavy atom. The van der Waals surface area contributed by atoms with Gasteiger partial charge in [-0.15, -0.1) is 0 Å². The van der Waals surface area contributed by atoms with Crippen molar-refractivity contribution in [2.24, 2.45) is 0 Å². The van der Waals surface area contributed by atoms with Crippen molar-refractivity contribution in [1.29, 1.82) is 0 Å². The molecule has 94 valence electrons. The number of hydrogen-bond acceptors (Lipinski definition) is 3. The molecular formula is C12H15F2NO2. The van der Waals surface area contributed by atoms with Crippen LogP contribution < -0.4 is 14.8 Å². The molecule has 2 rings (SSSR count). The number of rotatable bonds is 4. The molecule has 0 saturated heterocycles. The zero-order valence-corrected chi connectivity index (χ0v) is 9.58. The highest BCUT2D eigenvalue weighted by Crippen LogP contribution is 2.30. The van der Waals surface area contributed by atoms with Gasteiger partial charge in [0, 0.05) is 6.54 Å². The third-order valence-corrected chi connectivity index (χ3v) is 2.61. The van der Waals surface area contributed by atoms with E-state index in [1.807, 2.05) is 12.1 Å². The van der Waals surface area contributed by atoms with Crippen LogP contribution in [0.3, 0.4) is 0 Å². The quantitative estimate of drug-likeness (QED) is 0.879. The molecule has 0 spiro atoms. The van der Waals surface area contributed by atoms with E-state index in [1.54, 1.807) is 6.07 Å². The molecule has 17 heavy (non-hydrogen) atoms. The first-order chi connectivity index (χ1) is 8.16. The van der Waals surface area contributed by atoms with Crippen molar-refractivity contribution in [3.05, 3.63) is 23.8 Å². The van der Waals surface area contributed by atoms with Crippen LogP contribution in [0.1, 0.15) is 12.5 Å². The lowest BCUT2D eigenvalue weighted by atomic mass is 10.2.